The molecule has 2 aliphatic rings. The molecule has 2 atom stereocenters. The van der Waals surface area contributed by atoms with Gasteiger partial charge in [-0.2, -0.15) is 0 Å². The number of hydrogen-bond donors (Lipinski definition) is 1. The molecule has 104 valence electrons. The summed E-state index contributed by atoms with van der Waals surface area (Å²) in [7, 11) is 0. The highest BCUT2D eigenvalue weighted by Gasteiger charge is 2.34. The summed E-state index contributed by atoms with van der Waals surface area (Å²) in [5, 5.41) is 3.39. The van der Waals surface area contributed by atoms with Gasteiger partial charge in [0.2, 0.25) is 5.91 Å². The fourth-order valence-electron chi connectivity index (χ4n) is 3.44. The lowest BCUT2D eigenvalue weighted by atomic mass is 9.67. The quantitative estimate of drug-likeness (QED) is 0.818. The average molecular weight is 252 g/mol. The summed E-state index contributed by atoms with van der Waals surface area (Å²) in [6.45, 7) is 9.54. The zero-order chi connectivity index (χ0) is 13.2. The minimum absolute atomic E-state index is 0.355. The molecule has 0 aromatic carbocycles. The standard InChI is InChI=1S/C15H28N2O/c1-12-11-17(9-8-16-12)14(18)10-13-6-4-5-7-15(13,2)3/h12-13,16H,4-11H2,1-3H3/t12-,13?/m1/s1. The van der Waals surface area contributed by atoms with E-state index in [1.807, 2.05) is 0 Å². The Morgan fingerprint density at radius 3 is 2.83 bits per heavy atom. The molecule has 1 amide bonds. The van der Waals surface area contributed by atoms with E-state index in [0.717, 1.165) is 26.1 Å². The van der Waals surface area contributed by atoms with Crippen molar-refractivity contribution in [1.29, 1.82) is 0 Å². The van der Waals surface area contributed by atoms with Crippen LogP contribution >= 0.6 is 0 Å². The zero-order valence-electron chi connectivity index (χ0n) is 12.2. The highest BCUT2D eigenvalue weighted by atomic mass is 16.2. The molecule has 2 rings (SSSR count). The molecule has 1 saturated heterocycles. The highest BCUT2D eigenvalue weighted by molar-refractivity contribution is 5.76. The summed E-state index contributed by atoms with van der Waals surface area (Å²) in [6, 6.07) is 0.446. The van der Waals surface area contributed by atoms with Crippen molar-refractivity contribution in [2.24, 2.45) is 11.3 Å². The van der Waals surface area contributed by atoms with Crippen LogP contribution in [0.4, 0.5) is 0 Å². The van der Waals surface area contributed by atoms with Gasteiger partial charge in [-0.05, 0) is 31.1 Å². The lowest BCUT2D eigenvalue weighted by Gasteiger charge is -2.40. The van der Waals surface area contributed by atoms with Gasteiger partial charge in [0.05, 0.1) is 0 Å². The Morgan fingerprint density at radius 2 is 2.17 bits per heavy atom. The minimum Gasteiger partial charge on any atom is -0.340 e. The smallest absolute Gasteiger partial charge is 0.222 e. The van der Waals surface area contributed by atoms with Crippen molar-refractivity contribution in [1.82, 2.24) is 10.2 Å². The zero-order valence-corrected chi connectivity index (χ0v) is 12.2. The van der Waals surface area contributed by atoms with Crippen molar-refractivity contribution >= 4 is 5.91 Å². The Kier molecular flexibility index (Phi) is 4.31. The van der Waals surface area contributed by atoms with Gasteiger partial charge in [0.1, 0.15) is 0 Å². The van der Waals surface area contributed by atoms with Crippen molar-refractivity contribution in [3.05, 3.63) is 0 Å². The molecule has 0 radical (unpaired) electrons. The monoisotopic (exact) mass is 252 g/mol. The van der Waals surface area contributed by atoms with Gasteiger partial charge in [-0.15, -0.1) is 0 Å². The summed E-state index contributed by atoms with van der Waals surface area (Å²) in [6.07, 6.45) is 5.92. The van der Waals surface area contributed by atoms with Gasteiger partial charge in [0, 0.05) is 32.1 Å². The number of piperazine rings is 1. The van der Waals surface area contributed by atoms with Crippen LogP contribution < -0.4 is 5.32 Å². The van der Waals surface area contributed by atoms with Crippen LogP contribution in [0, 0.1) is 11.3 Å². The van der Waals surface area contributed by atoms with Gasteiger partial charge >= 0.3 is 0 Å². The Bertz CT molecular complexity index is 301. The van der Waals surface area contributed by atoms with E-state index in [1.54, 1.807) is 0 Å². The fourth-order valence-corrected chi connectivity index (χ4v) is 3.44. The SMILES string of the molecule is C[C@@H]1CN(C(=O)CC2CCCCC2(C)C)CCN1. The van der Waals surface area contributed by atoms with Crippen LogP contribution in [0.2, 0.25) is 0 Å². The third-order valence-electron chi connectivity index (χ3n) is 4.87. The summed E-state index contributed by atoms with van der Waals surface area (Å²) < 4.78 is 0. The summed E-state index contributed by atoms with van der Waals surface area (Å²) in [5.74, 6) is 0.965. The highest BCUT2D eigenvalue weighted by Crippen LogP contribution is 2.42. The van der Waals surface area contributed by atoms with E-state index >= 15 is 0 Å². The largest absolute Gasteiger partial charge is 0.340 e. The van der Waals surface area contributed by atoms with Crippen molar-refractivity contribution in [3.8, 4) is 0 Å². The molecule has 3 nitrogen and oxygen atoms in total. The normalized spacial score (nSPS) is 32.3. The lowest BCUT2D eigenvalue weighted by molar-refractivity contribution is -0.134. The molecule has 3 heteroatoms. The molecule has 2 fully saturated rings. The van der Waals surface area contributed by atoms with Crippen molar-refractivity contribution in [2.45, 2.75) is 58.9 Å². The maximum Gasteiger partial charge on any atom is 0.222 e. The average Bonchev–Trinajstić information content (AvgIpc) is 2.31. The molecule has 1 N–H and O–H groups in total. The van der Waals surface area contributed by atoms with Crippen molar-refractivity contribution in [2.75, 3.05) is 19.6 Å². The maximum atomic E-state index is 12.4. The predicted molar refractivity (Wildman–Crippen MR) is 74.4 cm³/mol. The van der Waals surface area contributed by atoms with Gasteiger partial charge in [-0.25, -0.2) is 0 Å². The first-order valence-corrected chi connectivity index (χ1v) is 7.50. The Balaban J connectivity index is 1.89. The molecule has 1 heterocycles. The first-order chi connectivity index (χ1) is 8.49. The third-order valence-corrected chi connectivity index (χ3v) is 4.87. The number of amides is 1. The van der Waals surface area contributed by atoms with E-state index < -0.39 is 0 Å². The number of carbonyl (C=O) groups is 1. The van der Waals surface area contributed by atoms with Crippen LogP contribution in [0.1, 0.15) is 52.9 Å². The van der Waals surface area contributed by atoms with E-state index in [-0.39, 0.29) is 0 Å². The Labute approximate surface area is 111 Å². The fraction of sp³-hybridized carbons (Fsp3) is 0.933. The molecule has 1 aliphatic heterocycles. The van der Waals surface area contributed by atoms with Gasteiger partial charge in [-0.1, -0.05) is 26.7 Å². The van der Waals surface area contributed by atoms with Gasteiger partial charge < -0.3 is 10.2 Å². The number of nitrogens with zero attached hydrogens (tertiary/aromatic N) is 1. The van der Waals surface area contributed by atoms with Crippen molar-refractivity contribution in [3.63, 3.8) is 0 Å². The number of nitrogens with one attached hydrogen (secondary N) is 1. The number of carbonyl (C=O) groups excluding carboxylic acids is 1. The topological polar surface area (TPSA) is 32.3 Å². The van der Waals surface area contributed by atoms with E-state index in [0.29, 0.717) is 23.3 Å². The van der Waals surface area contributed by atoms with E-state index in [2.05, 4.69) is 31.0 Å². The van der Waals surface area contributed by atoms with Gasteiger partial charge in [0.25, 0.3) is 0 Å². The molecular formula is C15H28N2O. The van der Waals surface area contributed by atoms with E-state index in [9.17, 15) is 4.79 Å². The Morgan fingerprint density at radius 1 is 1.39 bits per heavy atom. The molecule has 1 unspecified atom stereocenters. The molecule has 0 aromatic rings. The second-order valence-electron chi connectivity index (χ2n) is 6.83. The molecule has 18 heavy (non-hydrogen) atoms. The molecule has 1 aliphatic carbocycles. The molecule has 0 aromatic heterocycles. The van der Waals surface area contributed by atoms with E-state index in [4.69, 9.17) is 0 Å². The van der Waals surface area contributed by atoms with Gasteiger partial charge in [0.15, 0.2) is 0 Å². The molecule has 1 saturated carbocycles. The second-order valence-corrected chi connectivity index (χ2v) is 6.83. The minimum atomic E-state index is 0.355. The van der Waals surface area contributed by atoms with Crippen LogP contribution in [0.5, 0.6) is 0 Å². The van der Waals surface area contributed by atoms with Crippen molar-refractivity contribution < 1.29 is 4.79 Å². The first-order valence-electron chi connectivity index (χ1n) is 7.50. The summed E-state index contributed by atoms with van der Waals surface area (Å²) in [4.78, 5) is 14.5. The summed E-state index contributed by atoms with van der Waals surface area (Å²) >= 11 is 0. The number of rotatable bonds is 2. The van der Waals surface area contributed by atoms with Crippen LogP contribution in [-0.4, -0.2) is 36.5 Å². The van der Waals surface area contributed by atoms with Gasteiger partial charge in [-0.3, -0.25) is 4.79 Å². The number of hydrogen-bond acceptors (Lipinski definition) is 2. The van der Waals surface area contributed by atoms with Crippen LogP contribution in [0.3, 0.4) is 0 Å². The van der Waals surface area contributed by atoms with Crippen LogP contribution in [-0.2, 0) is 4.79 Å². The molecule has 0 spiro atoms. The predicted octanol–water partition coefficient (Wildman–Crippen LogP) is 2.41. The summed E-state index contributed by atoms with van der Waals surface area (Å²) in [5.41, 5.74) is 0.355. The van der Waals surface area contributed by atoms with Crippen LogP contribution in [0.25, 0.3) is 0 Å². The first kappa shape index (κ1) is 13.9. The Hall–Kier alpha value is -0.570. The third kappa shape index (κ3) is 3.25. The second kappa shape index (κ2) is 5.60. The molecule has 0 bridgehead atoms. The van der Waals surface area contributed by atoms with Crippen LogP contribution in [0.15, 0.2) is 0 Å². The lowest BCUT2D eigenvalue weighted by Crippen LogP contribution is -2.52. The van der Waals surface area contributed by atoms with E-state index in [1.165, 1.54) is 25.7 Å². The maximum absolute atomic E-state index is 12.4. The molecular weight excluding hydrogens is 224 g/mol.